The lowest BCUT2D eigenvalue weighted by atomic mass is 10.3. The van der Waals surface area contributed by atoms with Crippen LogP contribution in [0.2, 0.25) is 0 Å². The van der Waals surface area contributed by atoms with Crippen LogP contribution >= 0.6 is 0 Å². The number of carbonyl (C=O) groups is 1. The third-order valence-corrected chi connectivity index (χ3v) is 3.73. The lowest BCUT2D eigenvalue weighted by molar-refractivity contribution is 0.212. The van der Waals surface area contributed by atoms with Gasteiger partial charge in [0.1, 0.15) is 5.75 Å². The summed E-state index contributed by atoms with van der Waals surface area (Å²) in [6, 6.07) is 6.83. The second-order valence-corrected chi connectivity index (χ2v) is 5.84. The highest BCUT2D eigenvalue weighted by molar-refractivity contribution is 7.84. The molecule has 0 unspecified atom stereocenters. The number of anilines is 1. The number of nitrogens with zero attached hydrogens (tertiary/aromatic N) is 1. The van der Waals surface area contributed by atoms with Crippen LogP contribution in [0.1, 0.15) is 6.92 Å². The van der Waals surface area contributed by atoms with Crippen molar-refractivity contribution in [1.29, 1.82) is 0 Å². The minimum atomic E-state index is -0.926. The van der Waals surface area contributed by atoms with Gasteiger partial charge in [0.05, 0.1) is 7.11 Å². The van der Waals surface area contributed by atoms with E-state index in [-0.39, 0.29) is 12.1 Å². The standard InChI is InChI=1S/C13H20N2O3S/c1-10(9-19(4)17)15(2)13(16)14-11-6-5-7-12(8-11)18-3/h5-8,10H,9H2,1-4H3,(H,14,16)/t10-,19+/m1/s1. The fourth-order valence-corrected chi connectivity index (χ4v) is 2.47. The topological polar surface area (TPSA) is 58.6 Å². The quantitative estimate of drug-likeness (QED) is 0.898. The van der Waals surface area contributed by atoms with E-state index in [0.29, 0.717) is 17.2 Å². The SMILES string of the molecule is COc1cccc(NC(=O)N(C)[C@H](C)C[S@](C)=O)c1. The van der Waals surface area contributed by atoms with Gasteiger partial charge in [0.15, 0.2) is 0 Å². The first kappa shape index (κ1) is 15.5. The average molecular weight is 284 g/mol. The smallest absolute Gasteiger partial charge is 0.321 e. The molecule has 1 rings (SSSR count). The summed E-state index contributed by atoms with van der Waals surface area (Å²) in [7, 11) is 2.34. The van der Waals surface area contributed by atoms with Crippen LogP contribution in [0.5, 0.6) is 5.75 Å². The summed E-state index contributed by atoms with van der Waals surface area (Å²) < 4.78 is 16.3. The monoisotopic (exact) mass is 284 g/mol. The van der Waals surface area contributed by atoms with Crippen molar-refractivity contribution in [1.82, 2.24) is 4.90 Å². The average Bonchev–Trinajstić information content (AvgIpc) is 2.37. The van der Waals surface area contributed by atoms with Gasteiger partial charge in [0, 0.05) is 47.7 Å². The molecule has 0 fully saturated rings. The molecule has 1 aromatic rings. The van der Waals surface area contributed by atoms with Crippen molar-refractivity contribution in [3.05, 3.63) is 24.3 Å². The van der Waals surface area contributed by atoms with Crippen LogP contribution in [0, 0.1) is 0 Å². The van der Waals surface area contributed by atoms with Crippen LogP contribution in [-0.2, 0) is 10.8 Å². The summed E-state index contributed by atoms with van der Waals surface area (Å²) in [4.78, 5) is 13.6. The highest BCUT2D eigenvalue weighted by Crippen LogP contribution is 2.17. The van der Waals surface area contributed by atoms with Crippen molar-refractivity contribution < 1.29 is 13.7 Å². The maximum atomic E-state index is 12.0. The Bertz CT molecular complexity index is 465. The third-order valence-electron chi connectivity index (χ3n) is 2.78. The molecule has 0 radical (unpaired) electrons. The number of urea groups is 1. The second kappa shape index (κ2) is 7.13. The molecule has 0 saturated carbocycles. The molecule has 0 bridgehead atoms. The maximum Gasteiger partial charge on any atom is 0.321 e. The van der Waals surface area contributed by atoms with Crippen LogP contribution in [0.15, 0.2) is 24.3 Å². The summed E-state index contributed by atoms with van der Waals surface area (Å²) in [5, 5.41) is 2.78. The predicted octanol–water partition coefficient (Wildman–Crippen LogP) is 1.93. The molecule has 6 heteroatoms. The Morgan fingerprint density at radius 1 is 1.53 bits per heavy atom. The van der Waals surface area contributed by atoms with Gasteiger partial charge in [-0.2, -0.15) is 0 Å². The first-order valence-corrected chi connectivity index (χ1v) is 7.64. The van der Waals surface area contributed by atoms with Crippen LogP contribution in [0.3, 0.4) is 0 Å². The molecule has 1 aromatic carbocycles. The predicted molar refractivity (Wildman–Crippen MR) is 78.2 cm³/mol. The molecule has 2 atom stereocenters. The van der Waals surface area contributed by atoms with Crippen LogP contribution in [0.25, 0.3) is 0 Å². The van der Waals surface area contributed by atoms with E-state index >= 15 is 0 Å². The molecule has 1 N–H and O–H groups in total. The third kappa shape index (κ3) is 4.90. The van der Waals surface area contributed by atoms with Crippen LogP contribution in [0.4, 0.5) is 10.5 Å². The van der Waals surface area contributed by atoms with Crippen molar-refractivity contribution in [3.63, 3.8) is 0 Å². The zero-order valence-corrected chi connectivity index (χ0v) is 12.5. The van der Waals surface area contributed by atoms with Gasteiger partial charge in [-0.1, -0.05) is 6.07 Å². The van der Waals surface area contributed by atoms with Gasteiger partial charge in [-0.05, 0) is 19.1 Å². The van der Waals surface area contributed by atoms with Gasteiger partial charge in [-0.25, -0.2) is 4.79 Å². The van der Waals surface area contributed by atoms with E-state index in [2.05, 4.69) is 5.32 Å². The number of benzene rings is 1. The summed E-state index contributed by atoms with van der Waals surface area (Å²) in [6.07, 6.45) is 1.63. The molecule has 19 heavy (non-hydrogen) atoms. The molecule has 0 aliphatic heterocycles. The van der Waals surface area contributed by atoms with E-state index < -0.39 is 10.8 Å². The van der Waals surface area contributed by atoms with Crippen molar-refractivity contribution in [2.45, 2.75) is 13.0 Å². The zero-order chi connectivity index (χ0) is 14.4. The number of rotatable bonds is 5. The normalized spacial score (nSPS) is 13.5. The van der Waals surface area contributed by atoms with E-state index in [4.69, 9.17) is 4.74 Å². The van der Waals surface area contributed by atoms with Gasteiger partial charge in [-0.3, -0.25) is 4.21 Å². The summed E-state index contributed by atoms with van der Waals surface area (Å²) in [5.41, 5.74) is 0.668. The molecular formula is C13H20N2O3S. The van der Waals surface area contributed by atoms with Crippen LogP contribution in [-0.4, -0.2) is 47.3 Å². The number of methoxy groups -OCH3 is 1. The number of hydrogen-bond donors (Lipinski definition) is 1. The molecule has 0 saturated heterocycles. The van der Waals surface area contributed by atoms with E-state index in [0.717, 1.165) is 0 Å². The van der Waals surface area contributed by atoms with Gasteiger partial charge < -0.3 is 15.0 Å². The minimum Gasteiger partial charge on any atom is -0.497 e. The van der Waals surface area contributed by atoms with Crippen molar-refractivity contribution >= 4 is 22.5 Å². The first-order chi connectivity index (χ1) is 8.93. The second-order valence-electron chi connectivity index (χ2n) is 4.36. The van der Waals surface area contributed by atoms with Crippen molar-refractivity contribution in [3.8, 4) is 5.75 Å². The highest BCUT2D eigenvalue weighted by Gasteiger charge is 2.16. The molecule has 106 valence electrons. The number of hydrogen-bond acceptors (Lipinski definition) is 3. The molecule has 0 spiro atoms. The molecule has 0 aliphatic carbocycles. The van der Waals surface area contributed by atoms with E-state index in [1.165, 1.54) is 0 Å². The molecule has 0 aliphatic rings. The van der Waals surface area contributed by atoms with Gasteiger partial charge in [-0.15, -0.1) is 0 Å². The first-order valence-electron chi connectivity index (χ1n) is 5.92. The van der Waals surface area contributed by atoms with E-state index in [1.54, 1.807) is 43.5 Å². The molecule has 0 heterocycles. The van der Waals surface area contributed by atoms with Crippen LogP contribution < -0.4 is 10.1 Å². The Hall–Kier alpha value is -1.56. The zero-order valence-electron chi connectivity index (χ0n) is 11.7. The van der Waals surface area contributed by atoms with Gasteiger partial charge in [0.2, 0.25) is 0 Å². The minimum absolute atomic E-state index is 0.0866. The Balaban J connectivity index is 2.65. The molecule has 5 nitrogen and oxygen atoms in total. The lowest BCUT2D eigenvalue weighted by Crippen LogP contribution is -2.40. The Morgan fingerprint density at radius 3 is 2.79 bits per heavy atom. The van der Waals surface area contributed by atoms with Gasteiger partial charge >= 0.3 is 6.03 Å². The highest BCUT2D eigenvalue weighted by atomic mass is 32.2. The Kier molecular flexibility index (Phi) is 5.82. The number of nitrogens with one attached hydrogen (secondary N) is 1. The number of carbonyl (C=O) groups excluding carboxylic acids is 1. The van der Waals surface area contributed by atoms with Crippen molar-refractivity contribution in [2.24, 2.45) is 0 Å². The van der Waals surface area contributed by atoms with Crippen molar-refractivity contribution in [2.75, 3.05) is 31.5 Å². The number of ether oxygens (including phenoxy) is 1. The lowest BCUT2D eigenvalue weighted by Gasteiger charge is -2.24. The molecular weight excluding hydrogens is 264 g/mol. The Morgan fingerprint density at radius 2 is 2.21 bits per heavy atom. The summed E-state index contributed by atoms with van der Waals surface area (Å²) >= 11 is 0. The fraction of sp³-hybridized carbons (Fsp3) is 0.462. The largest absolute Gasteiger partial charge is 0.497 e. The molecule has 2 amide bonds. The molecule has 0 aromatic heterocycles. The fourth-order valence-electron chi connectivity index (χ4n) is 1.56. The summed E-state index contributed by atoms with van der Waals surface area (Å²) in [5.74, 6) is 1.14. The van der Waals surface area contributed by atoms with E-state index in [1.807, 2.05) is 13.0 Å². The summed E-state index contributed by atoms with van der Waals surface area (Å²) in [6.45, 7) is 1.87. The Labute approximate surface area is 116 Å². The maximum absolute atomic E-state index is 12.0. The van der Waals surface area contributed by atoms with Gasteiger partial charge in [0.25, 0.3) is 0 Å². The van der Waals surface area contributed by atoms with E-state index in [9.17, 15) is 9.00 Å². The number of amides is 2.